The summed E-state index contributed by atoms with van der Waals surface area (Å²) in [6.07, 6.45) is 6.29. The smallest absolute Gasteiger partial charge is 0.166 e. The van der Waals surface area contributed by atoms with E-state index in [0.717, 1.165) is 29.2 Å². The average molecular weight is 374 g/mol. The molecular weight excluding hydrogens is 345 g/mol. The van der Waals surface area contributed by atoms with Gasteiger partial charge in [-0.2, -0.15) is 13.2 Å². The maximum absolute atomic E-state index is 12.7. The van der Waals surface area contributed by atoms with Crippen LogP contribution in [0.2, 0.25) is 0 Å². The predicted molar refractivity (Wildman–Crippen MR) is 106 cm³/mol. The van der Waals surface area contributed by atoms with E-state index >= 15 is 0 Å². The molecule has 27 heavy (non-hydrogen) atoms. The maximum atomic E-state index is 12.7. The fourth-order valence-electron chi connectivity index (χ4n) is 4.27. The minimum Gasteiger partial charge on any atom is -0.166 e. The molecule has 1 aliphatic carbocycles. The Labute approximate surface area is 160 Å². The first-order valence-electron chi connectivity index (χ1n) is 10.2. The number of hydrogen-bond donors (Lipinski definition) is 0. The lowest BCUT2D eigenvalue weighted by atomic mass is 9.77. The number of benzene rings is 2. The maximum Gasteiger partial charge on any atom is 0.416 e. The molecule has 1 saturated carbocycles. The average Bonchev–Trinajstić information content (AvgIpc) is 2.68. The van der Waals surface area contributed by atoms with Gasteiger partial charge < -0.3 is 0 Å². The van der Waals surface area contributed by atoms with Crippen molar-refractivity contribution in [2.75, 3.05) is 0 Å². The Kier molecular flexibility index (Phi) is 6.62. The summed E-state index contributed by atoms with van der Waals surface area (Å²) in [7, 11) is 0. The molecule has 1 fully saturated rings. The molecule has 3 heteroatoms. The molecular formula is C24H29F3. The molecule has 0 heterocycles. The molecule has 0 amide bonds. The second-order valence-corrected chi connectivity index (χ2v) is 7.91. The van der Waals surface area contributed by atoms with Crippen LogP contribution >= 0.6 is 0 Å². The van der Waals surface area contributed by atoms with E-state index in [4.69, 9.17) is 0 Å². The molecule has 1 aliphatic rings. The van der Waals surface area contributed by atoms with Gasteiger partial charge in [0, 0.05) is 0 Å². The molecule has 0 unspecified atom stereocenters. The van der Waals surface area contributed by atoms with E-state index < -0.39 is 11.7 Å². The van der Waals surface area contributed by atoms with E-state index in [1.165, 1.54) is 56.9 Å². The van der Waals surface area contributed by atoms with Crippen molar-refractivity contribution in [2.45, 2.75) is 70.4 Å². The lowest BCUT2D eigenvalue weighted by Gasteiger charge is -2.29. The van der Waals surface area contributed by atoms with Gasteiger partial charge in [0.05, 0.1) is 5.56 Å². The van der Waals surface area contributed by atoms with Crippen LogP contribution in [0.1, 0.15) is 75.3 Å². The number of hydrogen-bond acceptors (Lipinski definition) is 0. The molecule has 0 aliphatic heterocycles. The van der Waals surface area contributed by atoms with E-state index in [0.29, 0.717) is 5.92 Å². The molecule has 2 aromatic carbocycles. The van der Waals surface area contributed by atoms with Crippen LogP contribution in [0, 0.1) is 5.92 Å². The van der Waals surface area contributed by atoms with Crippen LogP contribution in [-0.4, -0.2) is 0 Å². The summed E-state index contributed by atoms with van der Waals surface area (Å²) in [5.74, 6) is 1.54. The summed E-state index contributed by atoms with van der Waals surface area (Å²) in [6, 6.07) is 13.8. The zero-order chi connectivity index (χ0) is 19.3. The van der Waals surface area contributed by atoms with Crippen LogP contribution in [-0.2, 0) is 6.18 Å². The van der Waals surface area contributed by atoms with Crippen molar-refractivity contribution < 1.29 is 13.2 Å². The second kappa shape index (κ2) is 8.95. The molecule has 0 bridgehead atoms. The predicted octanol–water partition coefficient (Wildman–Crippen LogP) is 8.23. The lowest BCUT2D eigenvalue weighted by Crippen LogP contribution is -2.13. The third kappa shape index (κ3) is 5.37. The highest BCUT2D eigenvalue weighted by atomic mass is 19.4. The van der Waals surface area contributed by atoms with Crippen molar-refractivity contribution in [3.8, 4) is 11.1 Å². The minimum atomic E-state index is -4.28. The van der Waals surface area contributed by atoms with Gasteiger partial charge in [-0.15, -0.1) is 0 Å². The Morgan fingerprint density at radius 2 is 1.33 bits per heavy atom. The van der Waals surface area contributed by atoms with Crippen molar-refractivity contribution in [3.05, 3.63) is 59.7 Å². The second-order valence-electron chi connectivity index (χ2n) is 7.91. The van der Waals surface area contributed by atoms with Gasteiger partial charge in [-0.25, -0.2) is 0 Å². The summed E-state index contributed by atoms with van der Waals surface area (Å²) in [5, 5.41) is 0. The zero-order valence-electron chi connectivity index (χ0n) is 16.1. The van der Waals surface area contributed by atoms with E-state index in [9.17, 15) is 13.2 Å². The van der Waals surface area contributed by atoms with Gasteiger partial charge in [-0.05, 0) is 66.3 Å². The Hall–Kier alpha value is -1.77. The Morgan fingerprint density at radius 1 is 0.778 bits per heavy atom. The fraction of sp³-hybridized carbons (Fsp3) is 0.500. The van der Waals surface area contributed by atoms with Crippen LogP contribution < -0.4 is 0 Å². The van der Waals surface area contributed by atoms with Crippen LogP contribution in [0.4, 0.5) is 13.2 Å². The van der Waals surface area contributed by atoms with Crippen LogP contribution in [0.5, 0.6) is 0 Å². The van der Waals surface area contributed by atoms with E-state index in [1.54, 1.807) is 12.1 Å². The van der Waals surface area contributed by atoms with Crippen molar-refractivity contribution in [3.63, 3.8) is 0 Å². The molecule has 2 aromatic rings. The molecule has 0 saturated heterocycles. The first kappa shape index (κ1) is 20.0. The van der Waals surface area contributed by atoms with Gasteiger partial charge in [-0.3, -0.25) is 0 Å². The quantitative estimate of drug-likeness (QED) is 0.447. The minimum absolute atomic E-state index is 0.599. The Morgan fingerprint density at radius 3 is 1.85 bits per heavy atom. The highest BCUT2D eigenvalue weighted by Crippen LogP contribution is 2.38. The standard InChI is InChI=1S/C24H29F3/c1-2-3-4-5-18-6-8-19(9-7-18)20-10-12-21(13-11-20)22-14-16-23(17-15-22)24(25,26)27/h10-19H,2-9H2,1H3/t18-,19-. The Balaban J connectivity index is 1.58. The van der Waals surface area contributed by atoms with Crippen molar-refractivity contribution in [1.29, 1.82) is 0 Å². The molecule has 146 valence electrons. The first-order chi connectivity index (χ1) is 13.0. The summed E-state index contributed by atoms with van der Waals surface area (Å²) < 4.78 is 38.1. The molecule has 0 N–H and O–H groups in total. The van der Waals surface area contributed by atoms with Crippen LogP contribution in [0.15, 0.2) is 48.5 Å². The summed E-state index contributed by atoms with van der Waals surface area (Å²) in [4.78, 5) is 0. The van der Waals surface area contributed by atoms with E-state index in [2.05, 4.69) is 19.1 Å². The van der Waals surface area contributed by atoms with E-state index in [-0.39, 0.29) is 0 Å². The number of rotatable bonds is 6. The topological polar surface area (TPSA) is 0 Å². The van der Waals surface area contributed by atoms with Crippen molar-refractivity contribution >= 4 is 0 Å². The van der Waals surface area contributed by atoms with Crippen molar-refractivity contribution in [2.24, 2.45) is 5.92 Å². The van der Waals surface area contributed by atoms with Crippen molar-refractivity contribution in [1.82, 2.24) is 0 Å². The van der Waals surface area contributed by atoms with Gasteiger partial charge in [0.2, 0.25) is 0 Å². The largest absolute Gasteiger partial charge is 0.416 e. The highest BCUT2D eigenvalue weighted by molar-refractivity contribution is 5.64. The number of unbranched alkanes of at least 4 members (excludes halogenated alkanes) is 2. The number of alkyl halides is 3. The van der Waals surface area contributed by atoms with Gasteiger partial charge in [0.1, 0.15) is 0 Å². The normalized spacial score (nSPS) is 20.6. The zero-order valence-corrected chi connectivity index (χ0v) is 16.1. The fourth-order valence-corrected chi connectivity index (χ4v) is 4.27. The SMILES string of the molecule is CCCCC[C@H]1CC[C@H](c2ccc(-c3ccc(C(F)(F)F)cc3)cc2)CC1. The summed E-state index contributed by atoms with van der Waals surface area (Å²) in [6.45, 7) is 2.26. The number of halogens is 3. The highest BCUT2D eigenvalue weighted by Gasteiger charge is 2.30. The molecule has 0 atom stereocenters. The molecule has 0 aromatic heterocycles. The first-order valence-corrected chi connectivity index (χ1v) is 10.2. The third-order valence-electron chi connectivity index (χ3n) is 5.99. The summed E-state index contributed by atoms with van der Waals surface area (Å²) in [5.41, 5.74) is 2.58. The monoisotopic (exact) mass is 374 g/mol. The molecule has 0 radical (unpaired) electrons. The lowest BCUT2D eigenvalue weighted by molar-refractivity contribution is -0.137. The molecule has 0 spiro atoms. The van der Waals surface area contributed by atoms with Gasteiger partial charge in [0.15, 0.2) is 0 Å². The van der Waals surface area contributed by atoms with Gasteiger partial charge >= 0.3 is 6.18 Å². The summed E-state index contributed by atoms with van der Waals surface area (Å²) >= 11 is 0. The van der Waals surface area contributed by atoms with E-state index in [1.807, 2.05) is 12.1 Å². The Bertz CT molecular complexity index is 690. The van der Waals surface area contributed by atoms with Gasteiger partial charge in [-0.1, -0.05) is 69.0 Å². The molecule has 0 nitrogen and oxygen atoms in total. The third-order valence-corrected chi connectivity index (χ3v) is 5.99. The molecule has 3 rings (SSSR count). The van der Waals surface area contributed by atoms with Gasteiger partial charge in [0.25, 0.3) is 0 Å². The van der Waals surface area contributed by atoms with Crippen LogP contribution in [0.25, 0.3) is 11.1 Å². The van der Waals surface area contributed by atoms with Crippen LogP contribution in [0.3, 0.4) is 0 Å².